The first-order valence-corrected chi connectivity index (χ1v) is 9.47. The quantitative estimate of drug-likeness (QED) is 0.404. The number of rotatable bonds is 5. The van der Waals surface area contributed by atoms with Gasteiger partial charge in [0.05, 0.1) is 11.6 Å². The van der Waals surface area contributed by atoms with Crippen LogP contribution in [0.15, 0.2) is 41.3 Å². The third kappa shape index (κ3) is 4.35. The van der Waals surface area contributed by atoms with E-state index in [1.54, 1.807) is 32.0 Å². The summed E-state index contributed by atoms with van der Waals surface area (Å²) in [5.41, 5.74) is -0.290. The Bertz CT molecular complexity index is 1130. The molecule has 31 heavy (non-hydrogen) atoms. The molecule has 2 aromatic rings. The first kappa shape index (κ1) is 21.8. The Hall–Kier alpha value is -3.87. The molecule has 3 atom stereocenters. The van der Waals surface area contributed by atoms with Crippen molar-refractivity contribution >= 4 is 5.97 Å². The topological polar surface area (TPSA) is 134 Å². The zero-order valence-electron chi connectivity index (χ0n) is 17.4. The molecule has 0 amide bonds. The number of nitriles is 1. The Kier molecular flexibility index (Phi) is 5.71. The number of hydrogen-bond acceptors (Lipinski definition) is 8. The third-order valence-corrected chi connectivity index (χ3v) is 5.08. The summed E-state index contributed by atoms with van der Waals surface area (Å²) in [6.45, 7) is 6.19. The van der Waals surface area contributed by atoms with E-state index in [4.69, 9.17) is 9.47 Å². The fourth-order valence-electron chi connectivity index (χ4n) is 3.69. The van der Waals surface area contributed by atoms with Crippen LogP contribution in [0.4, 0.5) is 0 Å². The van der Waals surface area contributed by atoms with Gasteiger partial charge in [-0.2, -0.15) is 5.26 Å². The van der Waals surface area contributed by atoms with E-state index in [9.17, 15) is 25.0 Å². The van der Waals surface area contributed by atoms with Gasteiger partial charge in [0.1, 0.15) is 23.5 Å². The largest absolute Gasteiger partial charge is 0.484 e. The van der Waals surface area contributed by atoms with E-state index in [-0.39, 0.29) is 0 Å². The summed E-state index contributed by atoms with van der Waals surface area (Å²) in [7, 11) is 0. The summed E-state index contributed by atoms with van der Waals surface area (Å²) in [4.78, 5) is 40.0. The molecular weight excluding hydrogens is 406 g/mol. The van der Waals surface area contributed by atoms with Gasteiger partial charge in [-0.1, -0.05) is 0 Å². The van der Waals surface area contributed by atoms with E-state index >= 15 is 0 Å². The maximum absolute atomic E-state index is 13.0. The predicted molar refractivity (Wildman–Crippen MR) is 107 cm³/mol. The van der Waals surface area contributed by atoms with Crippen molar-refractivity contribution in [2.24, 2.45) is 0 Å². The van der Waals surface area contributed by atoms with Crippen molar-refractivity contribution in [1.29, 1.82) is 5.26 Å². The Balaban J connectivity index is 2.18. The van der Waals surface area contributed by atoms with Gasteiger partial charge in [-0.15, -0.1) is 10.1 Å². The lowest BCUT2D eigenvalue weighted by Gasteiger charge is -2.44. The summed E-state index contributed by atoms with van der Waals surface area (Å²) in [6.07, 6.45) is -0.365. The number of carbonyl (C=O) groups is 1. The van der Waals surface area contributed by atoms with Crippen molar-refractivity contribution in [2.75, 3.05) is 0 Å². The van der Waals surface area contributed by atoms with Crippen LogP contribution in [0.3, 0.4) is 0 Å². The summed E-state index contributed by atoms with van der Waals surface area (Å²) in [5.74, 6) is -0.0948. The summed E-state index contributed by atoms with van der Waals surface area (Å²) >= 11 is 0. The Morgan fingerprint density at radius 1 is 1.35 bits per heavy atom. The van der Waals surface area contributed by atoms with Gasteiger partial charge in [0.15, 0.2) is 6.10 Å². The van der Waals surface area contributed by atoms with Crippen molar-refractivity contribution in [2.45, 2.75) is 51.5 Å². The lowest BCUT2D eigenvalue weighted by Crippen LogP contribution is -2.54. The highest BCUT2D eigenvalue weighted by Crippen LogP contribution is 2.43. The molecular formula is C21H21N3O7. The molecule has 1 aliphatic rings. The van der Waals surface area contributed by atoms with Crippen LogP contribution in [-0.2, 0) is 14.4 Å². The van der Waals surface area contributed by atoms with Gasteiger partial charge >= 0.3 is 5.97 Å². The molecule has 1 aromatic heterocycles. The second kappa shape index (κ2) is 8.10. The van der Waals surface area contributed by atoms with Crippen molar-refractivity contribution in [3.8, 4) is 11.8 Å². The van der Waals surface area contributed by atoms with Gasteiger partial charge in [-0.05, 0) is 50.6 Å². The van der Waals surface area contributed by atoms with Crippen molar-refractivity contribution in [1.82, 2.24) is 4.57 Å². The van der Waals surface area contributed by atoms with Crippen LogP contribution < -0.4 is 10.3 Å². The zero-order valence-corrected chi connectivity index (χ0v) is 17.4. The van der Waals surface area contributed by atoms with Crippen molar-refractivity contribution in [3.05, 3.63) is 73.7 Å². The highest BCUT2D eigenvalue weighted by Gasteiger charge is 2.47. The Labute approximate surface area is 177 Å². The first-order valence-electron chi connectivity index (χ1n) is 9.47. The number of benzene rings is 1. The molecule has 10 heteroatoms. The third-order valence-electron chi connectivity index (χ3n) is 5.08. The summed E-state index contributed by atoms with van der Waals surface area (Å²) in [6, 6.07) is 8.84. The molecule has 10 nitrogen and oxygen atoms in total. The van der Waals surface area contributed by atoms with Gasteiger partial charge in [-0.25, -0.2) is 0 Å². The van der Waals surface area contributed by atoms with Gasteiger partial charge < -0.3 is 18.9 Å². The lowest BCUT2D eigenvalue weighted by molar-refractivity contribution is -0.770. The number of pyridine rings is 1. The summed E-state index contributed by atoms with van der Waals surface area (Å²) < 4.78 is 13.0. The van der Waals surface area contributed by atoms with Crippen LogP contribution in [0.1, 0.15) is 56.5 Å². The Morgan fingerprint density at radius 2 is 2.06 bits per heavy atom. The molecule has 1 aliphatic heterocycles. The van der Waals surface area contributed by atoms with E-state index in [0.29, 0.717) is 22.4 Å². The molecule has 162 valence electrons. The number of nitrogens with zero attached hydrogens (tertiary/aromatic N) is 3. The normalized spacial score (nSPS) is 19.8. The molecule has 0 saturated carbocycles. The van der Waals surface area contributed by atoms with Crippen LogP contribution in [0.2, 0.25) is 0 Å². The number of carbonyl (C=O) groups excluding carboxylic acids is 1. The predicted octanol–water partition coefficient (Wildman–Crippen LogP) is 2.68. The fraction of sp³-hybridized carbons (Fsp3) is 0.381. The molecule has 1 unspecified atom stereocenters. The maximum Gasteiger partial charge on any atom is 0.303 e. The second-order valence-corrected chi connectivity index (χ2v) is 7.72. The van der Waals surface area contributed by atoms with Crippen molar-refractivity contribution < 1.29 is 24.2 Å². The highest BCUT2D eigenvalue weighted by molar-refractivity contribution is 5.66. The molecule has 0 aliphatic carbocycles. The molecule has 1 aromatic carbocycles. The molecule has 0 fully saturated rings. The number of hydrogen-bond donors (Lipinski definition) is 0. The second-order valence-electron chi connectivity index (χ2n) is 7.72. The van der Waals surface area contributed by atoms with Crippen LogP contribution in [-0.4, -0.2) is 27.3 Å². The van der Waals surface area contributed by atoms with E-state index in [2.05, 4.69) is 10.9 Å². The van der Waals surface area contributed by atoms with Gasteiger partial charge in [0, 0.05) is 24.8 Å². The van der Waals surface area contributed by atoms with Crippen LogP contribution in [0, 0.1) is 21.4 Å². The van der Waals surface area contributed by atoms with E-state index in [1.807, 2.05) is 0 Å². The van der Waals surface area contributed by atoms with Crippen LogP contribution in [0.25, 0.3) is 0 Å². The smallest absolute Gasteiger partial charge is 0.303 e. The van der Waals surface area contributed by atoms with Gasteiger partial charge in [0.25, 0.3) is 10.6 Å². The zero-order chi connectivity index (χ0) is 22.9. The Morgan fingerprint density at radius 3 is 2.65 bits per heavy atom. The van der Waals surface area contributed by atoms with Crippen LogP contribution in [0.5, 0.6) is 5.75 Å². The minimum absolute atomic E-state index is 0.319. The minimum Gasteiger partial charge on any atom is -0.484 e. The highest BCUT2D eigenvalue weighted by atomic mass is 17.0. The average molecular weight is 427 g/mol. The number of ether oxygens (including phenoxy) is 2. The minimum atomic E-state index is -0.988. The van der Waals surface area contributed by atoms with Crippen LogP contribution >= 0.6 is 0 Å². The molecule has 3 rings (SSSR count). The molecule has 2 heterocycles. The first-order chi connectivity index (χ1) is 14.5. The molecule has 0 spiro atoms. The standard InChI is InChI=1S/C21H21N3O7/c1-12(31-24(27)28)15-7-8-23(18(26)10-15)19-16-9-14(11-22)5-6-17(16)30-21(3,4)20(19)29-13(2)25/h5-10,12,19-20H,1-4H3/t12?,19-,20+/m1/s1. The molecule has 0 saturated heterocycles. The molecule has 0 N–H and O–H groups in total. The molecule has 0 bridgehead atoms. The van der Waals surface area contributed by atoms with Gasteiger partial charge in [0.2, 0.25) is 0 Å². The molecule has 0 radical (unpaired) electrons. The lowest BCUT2D eigenvalue weighted by atomic mass is 9.85. The number of aromatic nitrogens is 1. The fourth-order valence-corrected chi connectivity index (χ4v) is 3.69. The number of esters is 1. The monoisotopic (exact) mass is 427 g/mol. The SMILES string of the molecule is CC(=O)O[C@H]1[C@H](n2ccc(C(C)O[N+](=O)[O-])cc2=O)c2cc(C#N)ccc2OC1(C)C. The average Bonchev–Trinajstić information content (AvgIpc) is 2.67. The van der Waals surface area contributed by atoms with Gasteiger partial charge in [-0.3, -0.25) is 9.59 Å². The van der Waals surface area contributed by atoms with Crippen molar-refractivity contribution in [3.63, 3.8) is 0 Å². The van der Waals surface area contributed by atoms with E-state index < -0.39 is 40.5 Å². The van der Waals surface area contributed by atoms with E-state index in [1.165, 1.54) is 36.7 Å². The number of fused-ring (bicyclic) bond motifs is 1. The van der Waals surface area contributed by atoms with E-state index in [0.717, 1.165) is 0 Å². The summed E-state index contributed by atoms with van der Waals surface area (Å²) in [5, 5.41) is 19.0. The maximum atomic E-state index is 13.0.